The third-order valence-corrected chi connectivity index (χ3v) is 2.56. The summed E-state index contributed by atoms with van der Waals surface area (Å²) in [7, 11) is 3.52. The molecule has 2 aliphatic rings. The first-order valence-electron chi connectivity index (χ1n) is 5.17. The van der Waals surface area contributed by atoms with Crippen molar-refractivity contribution in [2.75, 3.05) is 40.3 Å². The number of carbonyl (C=O) groups is 1. The Morgan fingerprint density at radius 2 is 1.50 bits per heavy atom. The second kappa shape index (κ2) is 3.84. The molecule has 0 fully saturated rings. The molecule has 88 valence electrons. The molecular weight excluding hydrogens is 212 g/mol. The molecular formula is C9H16N4O3+2. The van der Waals surface area contributed by atoms with Crippen LogP contribution in [0.4, 0.5) is 4.79 Å². The molecule has 0 spiro atoms. The Labute approximate surface area is 93.7 Å². The molecule has 7 heteroatoms. The maximum atomic E-state index is 11.6. The molecule has 16 heavy (non-hydrogen) atoms. The minimum atomic E-state index is -0.702. The molecule has 0 saturated carbocycles. The Bertz CT molecular complexity index is 325. The summed E-state index contributed by atoms with van der Waals surface area (Å²) in [6, 6.07) is 0. The van der Waals surface area contributed by atoms with Gasteiger partial charge in [-0.15, -0.1) is 0 Å². The van der Waals surface area contributed by atoms with Gasteiger partial charge in [0, 0.05) is 0 Å². The lowest BCUT2D eigenvalue weighted by Crippen LogP contribution is -2.48. The molecule has 0 aliphatic carbocycles. The fraction of sp³-hybridized carbons (Fsp3) is 0.667. The average molecular weight is 228 g/mol. The van der Waals surface area contributed by atoms with Crippen LogP contribution in [0, 0.1) is 0 Å². The molecule has 0 saturated heterocycles. The fourth-order valence-electron chi connectivity index (χ4n) is 1.58. The van der Waals surface area contributed by atoms with E-state index in [0.29, 0.717) is 26.2 Å². The number of hydrogen-bond donors (Lipinski definition) is 0. The van der Waals surface area contributed by atoms with Crippen LogP contribution in [-0.4, -0.2) is 68.4 Å². The number of rotatable bonds is 2. The van der Waals surface area contributed by atoms with Crippen molar-refractivity contribution >= 4 is 18.8 Å². The van der Waals surface area contributed by atoms with E-state index in [1.807, 2.05) is 0 Å². The average Bonchev–Trinajstić information content (AvgIpc) is 2.75. The number of likely N-dealkylation sites (N-methyl/N-ethyl adjacent to an activating group) is 2. The van der Waals surface area contributed by atoms with Crippen LogP contribution in [0.15, 0.2) is 9.98 Å². The first-order chi connectivity index (χ1) is 7.52. The number of hydrogen-bond acceptors (Lipinski definition) is 5. The van der Waals surface area contributed by atoms with E-state index < -0.39 is 6.16 Å². The van der Waals surface area contributed by atoms with Crippen LogP contribution >= 0.6 is 0 Å². The highest BCUT2D eigenvalue weighted by Gasteiger charge is 2.37. The van der Waals surface area contributed by atoms with Crippen LogP contribution in [-0.2, 0) is 9.68 Å². The Kier molecular flexibility index (Phi) is 2.64. The standard InChI is InChI=1S/C9H16N4O3/c1-12(5-3-10-7-12)15-9(14)16-13(2)6-4-11-8-13/h7-8H,3-6H2,1-2H3/q+2. The van der Waals surface area contributed by atoms with Gasteiger partial charge >= 0.3 is 6.16 Å². The van der Waals surface area contributed by atoms with Gasteiger partial charge in [0.15, 0.2) is 0 Å². The molecule has 7 nitrogen and oxygen atoms in total. The van der Waals surface area contributed by atoms with Gasteiger partial charge in [-0.25, -0.2) is 19.7 Å². The van der Waals surface area contributed by atoms with Crippen molar-refractivity contribution in [2.24, 2.45) is 9.98 Å². The van der Waals surface area contributed by atoms with Gasteiger partial charge in [-0.05, 0) is 0 Å². The monoisotopic (exact) mass is 228 g/mol. The van der Waals surface area contributed by atoms with Gasteiger partial charge in [-0.3, -0.25) is 0 Å². The van der Waals surface area contributed by atoms with Crippen molar-refractivity contribution in [3.05, 3.63) is 0 Å². The molecule has 0 radical (unpaired) electrons. The molecule has 0 amide bonds. The lowest BCUT2D eigenvalue weighted by Gasteiger charge is -2.24. The summed E-state index contributed by atoms with van der Waals surface area (Å²) in [6.07, 6.45) is 2.49. The van der Waals surface area contributed by atoms with Gasteiger partial charge in [0.05, 0.1) is 13.1 Å². The van der Waals surface area contributed by atoms with E-state index in [2.05, 4.69) is 9.98 Å². The topological polar surface area (TPSA) is 60.2 Å². The zero-order valence-corrected chi connectivity index (χ0v) is 9.50. The van der Waals surface area contributed by atoms with Crippen LogP contribution in [0.2, 0.25) is 0 Å². The maximum Gasteiger partial charge on any atom is 0.612 e. The van der Waals surface area contributed by atoms with E-state index >= 15 is 0 Å². The Balaban J connectivity index is 1.89. The SMILES string of the molecule is C[N+]1(OC(=O)O[N+]2(C)C=NCC2)C=NCC1. The number of aliphatic imine (C=N–C) groups is 2. The smallest absolute Gasteiger partial charge is 0.232 e. The fourth-order valence-corrected chi connectivity index (χ4v) is 1.58. The Hall–Kier alpha value is -1.47. The molecule has 0 N–H and O–H groups in total. The van der Waals surface area contributed by atoms with Crippen molar-refractivity contribution < 1.29 is 23.8 Å². The number of carbonyl (C=O) groups excluding carboxylic acids is 1. The minimum absolute atomic E-state index is 0.0377. The minimum Gasteiger partial charge on any atom is -0.232 e. The summed E-state index contributed by atoms with van der Waals surface area (Å²) >= 11 is 0. The van der Waals surface area contributed by atoms with Gasteiger partial charge in [0.2, 0.25) is 12.7 Å². The largest absolute Gasteiger partial charge is 0.612 e. The van der Waals surface area contributed by atoms with Gasteiger partial charge in [0.25, 0.3) is 0 Å². The molecule has 0 aromatic heterocycles. The number of hydroxylamine groups is 6. The molecule has 2 unspecified atom stereocenters. The summed E-state index contributed by atoms with van der Waals surface area (Å²) in [5, 5.41) is 0. The molecule has 2 atom stereocenters. The zero-order valence-electron chi connectivity index (χ0n) is 9.50. The second-order valence-corrected chi connectivity index (χ2v) is 4.27. The number of nitrogens with zero attached hydrogens (tertiary/aromatic N) is 4. The van der Waals surface area contributed by atoms with Gasteiger partial charge in [0.1, 0.15) is 27.2 Å². The molecule has 2 rings (SSSR count). The first kappa shape index (κ1) is 11.0. The van der Waals surface area contributed by atoms with Gasteiger partial charge in [-0.1, -0.05) is 9.29 Å². The maximum absolute atomic E-state index is 11.6. The Morgan fingerprint density at radius 3 is 1.81 bits per heavy atom. The Morgan fingerprint density at radius 1 is 1.06 bits per heavy atom. The van der Waals surface area contributed by atoms with E-state index in [-0.39, 0.29) is 9.29 Å². The summed E-state index contributed by atoms with van der Waals surface area (Å²) in [5.74, 6) is 0. The van der Waals surface area contributed by atoms with E-state index in [1.165, 1.54) is 0 Å². The van der Waals surface area contributed by atoms with Crippen molar-refractivity contribution in [1.82, 2.24) is 0 Å². The van der Waals surface area contributed by atoms with Crippen LogP contribution < -0.4 is 0 Å². The first-order valence-corrected chi connectivity index (χ1v) is 5.17. The third kappa shape index (κ3) is 2.37. The summed E-state index contributed by atoms with van der Waals surface area (Å²) in [4.78, 5) is 30.0. The van der Waals surface area contributed by atoms with Crippen molar-refractivity contribution in [3.63, 3.8) is 0 Å². The highest BCUT2D eigenvalue weighted by atomic mass is 16.9. The van der Waals surface area contributed by atoms with Crippen LogP contribution in [0.3, 0.4) is 0 Å². The van der Waals surface area contributed by atoms with Crippen LogP contribution in [0.5, 0.6) is 0 Å². The number of quaternary nitrogens is 2. The predicted molar refractivity (Wildman–Crippen MR) is 56.4 cm³/mol. The lowest BCUT2D eigenvalue weighted by molar-refractivity contribution is -1.02. The third-order valence-electron chi connectivity index (χ3n) is 2.56. The summed E-state index contributed by atoms with van der Waals surface area (Å²) < 4.78 is 0.0753. The molecule has 2 heterocycles. The molecule has 2 aliphatic heterocycles. The normalized spacial score (nSPS) is 36.6. The highest BCUT2D eigenvalue weighted by molar-refractivity contribution is 5.61. The van der Waals surface area contributed by atoms with Crippen molar-refractivity contribution in [3.8, 4) is 0 Å². The van der Waals surface area contributed by atoms with E-state index in [0.717, 1.165) is 0 Å². The lowest BCUT2D eigenvalue weighted by atomic mass is 10.6. The van der Waals surface area contributed by atoms with Gasteiger partial charge in [-0.2, -0.15) is 4.79 Å². The second-order valence-electron chi connectivity index (χ2n) is 4.27. The van der Waals surface area contributed by atoms with Crippen molar-refractivity contribution in [1.29, 1.82) is 0 Å². The zero-order chi connectivity index (χ0) is 11.6. The van der Waals surface area contributed by atoms with Crippen LogP contribution in [0.1, 0.15) is 0 Å². The van der Waals surface area contributed by atoms with Crippen molar-refractivity contribution in [2.45, 2.75) is 0 Å². The summed E-state index contributed by atoms with van der Waals surface area (Å²) in [6.45, 7) is 2.62. The predicted octanol–water partition coefficient (Wildman–Crippen LogP) is -0.0534. The van der Waals surface area contributed by atoms with E-state index in [4.69, 9.17) is 9.68 Å². The van der Waals surface area contributed by atoms with Crippen LogP contribution in [0.25, 0.3) is 0 Å². The van der Waals surface area contributed by atoms with E-state index in [1.54, 1.807) is 26.8 Å². The highest BCUT2D eigenvalue weighted by Crippen LogP contribution is 2.12. The molecule has 0 bridgehead atoms. The van der Waals surface area contributed by atoms with Gasteiger partial charge < -0.3 is 0 Å². The molecule has 0 aromatic carbocycles. The quantitative estimate of drug-likeness (QED) is 0.622. The van der Waals surface area contributed by atoms with E-state index in [9.17, 15) is 4.79 Å². The molecule has 0 aromatic rings. The summed E-state index contributed by atoms with van der Waals surface area (Å²) in [5.41, 5.74) is 0.